The topological polar surface area (TPSA) is 23.6 Å². The van der Waals surface area contributed by atoms with Crippen molar-refractivity contribution in [1.82, 2.24) is 9.80 Å². The van der Waals surface area contributed by atoms with Gasteiger partial charge in [0.1, 0.15) is 0 Å². The van der Waals surface area contributed by atoms with Crippen LogP contribution in [0.5, 0.6) is 0 Å². The van der Waals surface area contributed by atoms with Gasteiger partial charge >= 0.3 is 0 Å². The molecule has 2 aliphatic rings. The maximum Gasteiger partial charge on any atom is 0.210 e. The highest BCUT2D eigenvalue weighted by molar-refractivity contribution is 5.48. The molecule has 0 aromatic heterocycles. The fraction of sp³-hybridized carbons (Fsp3) is 0.889. The van der Waals surface area contributed by atoms with Crippen molar-refractivity contribution in [2.45, 2.75) is 31.8 Å². The predicted molar refractivity (Wildman–Crippen MR) is 46.6 cm³/mol. The molecule has 0 spiro atoms. The smallest absolute Gasteiger partial charge is 0.210 e. The average molecular weight is 168 g/mol. The molecule has 0 aromatic carbocycles. The number of hydrogen-bond donors (Lipinski definition) is 0. The van der Waals surface area contributed by atoms with E-state index in [-0.39, 0.29) is 0 Å². The molecule has 0 saturated carbocycles. The van der Waals surface area contributed by atoms with Crippen molar-refractivity contribution >= 4 is 6.41 Å². The summed E-state index contributed by atoms with van der Waals surface area (Å²) in [5.74, 6) is 0. The van der Waals surface area contributed by atoms with Crippen LogP contribution < -0.4 is 0 Å². The van der Waals surface area contributed by atoms with E-state index in [1.54, 1.807) is 0 Å². The first kappa shape index (κ1) is 8.05. The second-order valence-electron chi connectivity index (χ2n) is 3.71. The second kappa shape index (κ2) is 3.44. The molecule has 0 aromatic rings. The maximum absolute atomic E-state index is 10.7. The van der Waals surface area contributed by atoms with E-state index in [9.17, 15) is 4.79 Å². The van der Waals surface area contributed by atoms with Gasteiger partial charge in [-0.2, -0.15) is 0 Å². The Kier molecular flexibility index (Phi) is 2.30. The Bertz CT molecular complexity index is 166. The van der Waals surface area contributed by atoms with Crippen LogP contribution in [0.4, 0.5) is 0 Å². The van der Waals surface area contributed by atoms with E-state index in [0.717, 1.165) is 13.0 Å². The Morgan fingerprint density at radius 2 is 1.83 bits per heavy atom. The van der Waals surface area contributed by atoms with Crippen molar-refractivity contribution in [3.05, 3.63) is 0 Å². The molecule has 2 aliphatic heterocycles. The van der Waals surface area contributed by atoms with E-state index in [1.807, 2.05) is 4.90 Å². The highest BCUT2D eigenvalue weighted by atomic mass is 16.1. The normalized spacial score (nSPS) is 31.3. The number of nitrogens with zero attached hydrogens (tertiary/aromatic N) is 2. The largest absolute Gasteiger partial charge is 0.330 e. The molecule has 0 radical (unpaired) electrons. The first-order valence-electron chi connectivity index (χ1n) is 4.87. The van der Waals surface area contributed by atoms with Crippen molar-refractivity contribution < 1.29 is 4.79 Å². The molecule has 2 rings (SSSR count). The molecule has 12 heavy (non-hydrogen) atoms. The van der Waals surface area contributed by atoms with Crippen LogP contribution >= 0.6 is 0 Å². The molecule has 1 unspecified atom stereocenters. The Hall–Kier alpha value is -0.570. The number of hydrogen-bond acceptors (Lipinski definition) is 2. The van der Waals surface area contributed by atoms with E-state index in [4.69, 9.17) is 0 Å². The van der Waals surface area contributed by atoms with E-state index in [2.05, 4.69) is 4.90 Å². The average Bonchev–Trinajstić information content (AvgIpc) is 2.74. The molecule has 2 saturated heterocycles. The highest BCUT2D eigenvalue weighted by Crippen LogP contribution is 2.22. The summed E-state index contributed by atoms with van der Waals surface area (Å²) in [5.41, 5.74) is 0. The highest BCUT2D eigenvalue weighted by Gasteiger charge is 2.29. The molecule has 0 aliphatic carbocycles. The van der Waals surface area contributed by atoms with Crippen molar-refractivity contribution in [3.8, 4) is 0 Å². The Morgan fingerprint density at radius 3 is 2.50 bits per heavy atom. The summed E-state index contributed by atoms with van der Waals surface area (Å²) < 4.78 is 0. The van der Waals surface area contributed by atoms with Gasteiger partial charge in [-0.1, -0.05) is 0 Å². The van der Waals surface area contributed by atoms with Crippen LogP contribution in [0.2, 0.25) is 0 Å². The standard InChI is InChI=1S/C9H16N2O/c12-8-11-7-3-4-9(11)10-5-1-2-6-10/h8-9H,1-7H2. The molecular weight excluding hydrogens is 152 g/mol. The summed E-state index contributed by atoms with van der Waals surface area (Å²) in [6.07, 6.45) is 6.42. The van der Waals surface area contributed by atoms with Gasteiger partial charge in [-0.25, -0.2) is 0 Å². The minimum absolute atomic E-state index is 0.435. The maximum atomic E-state index is 10.7. The number of carbonyl (C=O) groups is 1. The van der Waals surface area contributed by atoms with Gasteiger partial charge in [-0.3, -0.25) is 9.69 Å². The summed E-state index contributed by atoms with van der Waals surface area (Å²) in [7, 11) is 0. The third-order valence-corrected chi connectivity index (χ3v) is 2.96. The quantitative estimate of drug-likeness (QED) is 0.565. The van der Waals surface area contributed by atoms with Gasteiger partial charge in [0, 0.05) is 19.6 Å². The zero-order valence-corrected chi connectivity index (χ0v) is 7.41. The molecule has 0 bridgehead atoms. The van der Waals surface area contributed by atoms with Crippen LogP contribution in [-0.2, 0) is 4.79 Å². The predicted octanol–water partition coefficient (Wildman–Crippen LogP) is 0.660. The van der Waals surface area contributed by atoms with Crippen molar-refractivity contribution in [2.24, 2.45) is 0 Å². The summed E-state index contributed by atoms with van der Waals surface area (Å²) in [4.78, 5) is 15.1. The summed E-state index contributed by atoms with van der Waals surface area (Å²) in [6, 6.07) is 0. The van der Waals surface area contributed by atoms with Crippen LogP contribution in [0.25, 0.3) is 0 Å². The molecule has 2 fully saturated rings. The minimum atomic E-state index is 0.435. The SMILES string of the molecule is O=CN1CCCC1N1CCCC1. The lowest BCUT2D eigenvalue weighted by atomic mass is 10.3. The zero-order chi connectivity index (χ0) is 8.39. The van der Waals surface area contributed by atoms with Crippen LogP contribution in [-0.4, -0.2) is 42.0 Å². The molecule has 1 atom stereocenters. The summed E-state index contributed by atoms with van der Waals surface area (Å²) in [6.45, 7) is 3.34. The van der Waals surface area contributed by atoms with Gasteiger partial charge in [0.2, 0.25) is 6.41 Å². The minimum Gasteiger partial charge on any atom is -0.330 e. The van der Waals surface area contributed by atoms with Gasteiger partial charge in [0.05, 0.1) is 6.17 Å². The van der Waals surface area contributed by atoms with E-state index < -0.39 is 0 Å². The first-order chi connectivity index (χ1) is 5.92. The molecule has 2 heterocycles. The Labute approximate surface area is 73.3 Å². The van der Waals surface area contributed by atoms with E-state index in [1.165, 1.54) is 38.8 Å². The lowest BCUT2D eigenvalue weighted by Gasteiger charge is -2.29. The van der Waals surface area contributed by atoms with Gasteiger partial charge in [0.25, 0.3) is 0 Å². The van der Waals surface area contributed by atoms with E-state index in [0.29, 0.717) is 6.17 Å². The third-order valence-electron chi connectivity index (χ3n) is 2.96. The fourth-order valence-electron chi connectivity index (χ4n) is 2.33. The second-order valence-corrected chi connectivity index (χ2v) is 3.71. The van der Waals surface area contributed by atoms with Gasteiger partial charge in [-0.05, 0) is 25.7 Å². The zero-order valence-electron chi connectivity index (χ0n) is 7.41. The monoisotopic (exact) mass is 168 g/mol. The number of carbonyl (C=O) groups excluding carboxylic acids is 1. The molecule has 3 heteroatoms. The van der Waals surface area contributed by atoms with Crippen molar-refractivity contribution in [3.63, 3.8) is 0 Å². The van der Waals surface area contributed by atoms with E-state index >= 15 is 0 Å². The van der Waals surface area contributed by atoms with Crippen molar-refractivity contribution in [2.75, 3.05) is 19.6 Å². The molecule has 68 valence electrons. The van der Waals surface area contributed by atoms with Crippen LogP contribution in [0.15, 0.2) is 0 Å². The van der Waals surface area contributed by atoms with Gasteiger partial charge < -0.3 is 4.90 Å². The molecule has 3 nitrogen and oxygen atoms in total. The van der Waals surface area contributed by atoms with Gasteiger partial charge in [-0.15, -0.1) is 0 Å². The number of amides is 1. The van der Waals surface area contributed by atoms with Gasteiger partial charge in [0.15, 0.2) is 0 Å². The van der Waals surface area contributed by atoms with Crippen molar-refractivity contribution in [1.29, 1.82) is 0 Å². The number of rotatable bonds is 2. The van der Waals surface area contributed by atoms with Crippen LogP contribution in [0, 0.1) is 0 Å². The Balaban J connectivity index is 1.96. The molecular formula is C9H16N2O. The Morgan fingerprint density at radius 1 is 1.08 bits per heavy atom. The lowest BCUT2D eigenvalue weighted by Crippen LogP contribution is -2.42. The summed E-state index contributed by atoms with van der Waals surface area (Å²) >= 11 is 0. The third kappa shape index (κ3) is 1.33. The molecule has 0 N–H and O–H groups in total. The molecule has 1 amide bonds. The first-order valence-corrected chi connectivity index (χ1v) is 4.87. The summed E-state index contributed by atoms with van der Waals surface area (Å²) in [5, 5.41) is 0. The lowest BCUT2D eigenvalue weighted by molar-refractivity contribution is -0.121. The van der Waals surface area contributed by atoms with Crippen LogP contribution in [0.3, 0.4) is 0 Å². The van der Waals surface area contributed by atoms with Crippen LogP contribution in [0.1, 0.15) is 25.7 Å². The number of likely N-dealkylation sites (tertiary alicyclic amines) is 2. The fourth-order valence-corrected chi connectivity index (χ4v) is 2.33.